The minimum Gasteiger partial charge on any atom is -0.393 e. The van der Waals surface area contributed by atoms with Crippen LogP contribution < -0.4 is 5.73 Å². The Hall–Kier alpha value is -1.06. The fraction of sp³-hybridized carbons (Fsp3) is 0.300. The van der Waals surface area contributed by atoms with E-state index in [1.165, 1.54) is 0 Å². The van der Waals surface area contributed by atoms with E-state index in [-0.39, 0.29) is 0 Å². The highest BCUT2D eigenvalue weighted by Gasteiger charge is 2.10. The topological polar surface area (TPSA) is 63.3 Å². The van der Waals surface area contributed by atoms with Crippen molar-refractivity contribution in [2.24, 2.45) is 5.73 Å². The molecule has 1 atom stereocenters. The first-order chi connectivity index (χ1) is 6.50. The standard InChI is InChI=1S/C10H12ClNO2/c1-6(13)4-7-5-8(11)2-3-9(7)10(12)14/h2-3,5-6,13H,4H2,1H3,(H2,12,14). The van der Waals surface area contributed by atoms with Crippen molar-refractivity contribution in [2.75, 3.05) is 0 Å². The average molecular weight is 214 g/mol. The van der Waals surface area contributed by atoms with Crippen molar-refractivity contribution in [3.8, 4) is 0 Å². The average Bonchev–Trinajstić information content (AvgIpc) is 2.01. The first-order valence-electron chi connectivity index (χ1n) is 4.27. The maximum absolute atomic E-state index is 11.0. The lowest BCUT2D eigenvalue weighted by Crippen LogP contribution is -2.16. The molecule has 0 heterocycles. The van der Waals surface area contributed by atoms with Crippen LogP contribution in [-0.4, -0.2) is 17.1 Å². The molecule has 1 amide bonds. The first-order valence-corrected chi connectivity index (χ1v) is 4.65. The molecule has 4 heteroatoms. The smallest absolute Gasteiger partial charge is 0.248 e. The predicted octanol–water partition coefficient (Wildman–Crippen LogP) is 1.36. The summed E-state index contributed by atoms with van der Waals surface area (Å²) in [5.74, 6) is -0.502. The third-order valence-electron chi connectivity index (χ3n) is 1.85. The van der Waals surface area contributed by atoms with Gasteiger partial charge < -0.3 is 10.8 Å². The van der Waals surface area contributed by atoms with E-state index in [0.29, 0.717) is 22.6 Å². The van der Waals surface area contributed by atoms with Crippen LogP contribution in [0.25, 0.3) is 0 Å². The Labute approximate surface area is 87.5 Å². The van der Waals surface area contributed by atoms with Gasteiger partial charge in [-0.1, -0.05) is 11.6 Å². The molecule has 0 radical (unpaired) electrons. The van der Waals surface area contributed by atoms with Gasteiger partial charge in [0, 0.05) is 10.6 Å². The van der Waals surface area contributed by atoms with Crippen molar-refractivity contribution in [2.45, 2.75) is 19.4 Å². The van der Waals surface area contributed by atoms with Crippen LogP contribution in [0.5, 0.6) is 0 Å². The molecule has 0 saturated carbocycles. The van der Waals surface area contributed by atoms with E-state index in [2.05, 4.69) is 0 Å². The van der Waals surface area contributed by atoms with Gasteiger partial charge in [0.2, 0.25) is 5.91 Å². The van der Waals surface area contributed by atoms with Crippen LogP contribution in [0, 0.1) is 0 Å². The van der Waals surface area contributed by atoms with Crippen LogP contribution >= 0.6 is 11.6 Å². The van der Waals surface area contributed by atoms with Crippen LogP contribution in [0.15, 0.2) is 18.2 Å². The summed E-state index contributed by atoms with van der Waals surface area (Å²) in [7, 11) is 0. The zero-order valence-corrected chi connectivity index (χ0v) is 8.58. The molecule has 0 aliphatic rings. The molecule has 1 aromatic rings. The number of aliphatic hydroxyl groups is 1. The van der Waals surface area contributed by atoms with Crippen LogP contribution in [0.2, 0.25) is 5.02 Å². The summed E-state index contributed by atoms with van der Waals surface area (Å²) in [6.07, 6.45) is -0.148. The Morgan fingerprint density at radius 2 is 2.29 bits per heavy atom. The molecule has 1 aromatic carbocycles. The zero-order valence-electron chi connectivity index (χ0n) is 7.83. The first kappa shape index (κ1) is 11.0. The fourth-order valence-corrected chi connectivity index (χ4v) is 1.48. The summed E-state index contributed by atoms with van der Waals surface area (Å²) >= 11 is 5.77. The molecule has 0 saturated heterocycles. The van der Waals surface area contributed by atoms with Gasteiger partial charge in [-0.3, -0.25) is 4.79 Å². The molecule has 1 rings (SSSR count). The number of nitrogens with two attached hydrogens (primary N) is 1. The van der Waals surface area contributed by atoms with Crippen LogP contribution in [0.4, 0.5) is 0 Å². The number of primary amides is 1. The van der Waals surface area contributed by atoms with E-state index in [1.54, 1.807) is 25.1 Å². The summed E-state index contributed by atoms with van der Waals surface area (Å²) < 4.78 is 0. The maximum atomic E-state index is 11.0. The van der Waals surface area contributed by atoms with Gasteiger partial charge in [0.1, 0.15) is 0 Å². The monoisotopic (exact) mass is 213 g/mol. The normalized spacial score (nSPS) is 12.5. The van der Waals surface area contributed by atoms with Crippen molar-refractivity contribution in [1.29, 1.82) is 0 Å². The van der Waals surface area contributed by atoms with E-state index in [9.17, 15) is 9.90 Å². The Balaban J connectivity index is 3.09. The van der Waals surface area contributed by atoms with Gasteiger partial charge in [0.05, 0.1) is 6.10 Å². The molecule has 0 aromatic heterocycles. The maximum Gasteiger partial charge on any atom is 0.248 e. The highest BCUT2D eigenvalue weighted by Crippen LogP contribution is 2.17. The van der Waals surface area contributed by atoms with Crippen molar-refractivity contribution < 1.29 is 9.90 Å². The highest BCUT2D eigenvalue weighted by molar-refractivity contribution is 6.30. The lowest BCUT2D eigenvalue weighted by atomic mass is 10.0. The second kappa shape index (κ2) is 4.44. The summed E-state index contributed by atoms with van der Waals surface area (Å²) in [6.45, 7) is 1.64. The number of benzene rings is 1. The predicted molar refractivity (Wildman–Crippen MR) is 55.4 cm³/mol. The minimum atomic E-state index is -0.522. The van der Waals surface area contributed by atoms with E-state index in [1.807, 2.05) is 0 Å². The molecule has 0 aliphatic heterocycles. The summed E-state index contributed by atoms with van der Waals surface area (Å²) in [5.41, 5.74) is 6.27. The van der Waals surface area contributed by atoms with Crippen LogP contribution in [-0.2, 0) is 6.42 Å². The lowest BCUT2D eigenvalue weighted by Gasteiger charge is -2.08. The van der Waals surface area contributed by atoms with Crippen LogP contribution in [0.3, 0.4) is 0 Å². The van der Waals surface area contributed by atoms with Gasteiger partial charge >= 0.3 is 0 Å². The molecular weight excluding hydrogens is 202 g/mol. The minimum absolute atomic E-state index is 0.374. The molecule has 0 fully saturated rings. The Morgan fingerprint density at radius 3 is 2.79 bits per heavy atom. The highest BCUT2D eigenvalue weighted by atomic mass is 35.5. The number of hydrogen-bond acceptors (Lipinski definition) is 2. The summed E-state index contributed by atoms with van der Waals surface area (Å²) in [5, 5.41) is 9.74. The van der Waals surface area contributed by atoms with Crippen molar-refractivity contribution in [1.82, 2.24) is 0 Å². The summed E-state index contributed by atoms with van der Waals surface area (Å²) in [4.78, 5) is 11.0. The molecular formula is C10H12ClNO2. The van der Waals surface area contributed by atoms with Gasteiger partial charge in [-0.2, -0.15) is 0 Å². The molecule has 0 spiro atoms. The third-order valence-corrected chi connectivity index (χ3v) is 2.08. The summed E-state index contributed by atoms with van der Waals surface area (Å²) in [6, 6.07) is 4.82. The quantitative estimate of drug-likeness (QED) is 0.797. The van der Waals surface area contributed by atoms with Crippen molar-refractivity contribution in [3.05, 3.63) is 34.3 Å². The van der Waals surface area contributed by atoms with Gasteiger partial charge in [0.25, 0.3) is 0 Å². The molecule has 1 unspecified atom stereocenters. The Bertz CT molecular complexity index is 350. The van der Waals surface area contributed by atoms with E-state index < -0.39 is 12.0 Å². The van der Waals surface area contributed by atoms with Gasteiger partial charge in [0.15, 0.2) is 0 Å². The molecule has 0 aliphatic carbocycles. The third kappa shape index (κ3) is 2.72. The largest absolute Gasteiger partial charge is 0.393 e. The fourth-order valence-electron chi connectivity index (χ4n) is 1.29. The molecule has 76 valence electrons. The van der Waals surface area contributed by atoms with E-state index in [0.717, 1.165) is 0 Å². The SMILES string of the molecule is CC(O)Cc1cc(Cl)ccc1C(N)=O. The Morgan fingerprint density at radius 1 is 1.64 bits per heavy atom. The van der Waals surface area contributed by atoms with E-state index >= 15 is 0 Å². The van der Waals surface area contributed by atoms with E-state index in [4.69, 9.17) is 17.3 Å². The zero-order chi connectivity index (χ0) is 10.7. The van der Waals surface area contributed by atoms with Gasteiger partial charge in [-0.25, -0.2) is 0 Å². The number of amides is 1. The molecule has 3 nitrogen and oxygen atoms in total. The number of carbonyl (C=O) groups excluding carboxylic acids is 1. The molecule has 0 bridgehead atoms. The number of carbonyl (C=O) groups is 1. The van der Waals surface area contributed by atoms with Gasteiger partial charge in [-0.15, -0.1) is 0 Å². The second-order valence-electron chi connectivity index (χ2n) is 3.22. The number of rotatable bonds is 3. The number of aliphatic hydroxyl groups excluding tert-OH is 1. The van der Waals surface area contributed by atoms with Crippen molar-refractivity contribution in [3.63, 3.8) is 0 Å². The van der Waals surface area contributed by atoms with Crippen LogP contribution in [0.1, 0.15) is 22.8 Å². The van der Waals surface area contributed by atoms with Gasteiger partial charge in [-0.05, 0) is 37.1 Å². The number of hydrogen-bond donors (Lipinski definition) is 2. The second-order valence-corrected chi connectivity index (χ2v) is 3.66. The number of halogens is 1. The Kier molecular flexibility index (Phi) is 3.49. The van der Waals surface area contributed by atoms with Crippen molar-refractivity contribution >= 4 is 17.5 Å². The molecule has 3 N–H and O–H groups in total. The molecule has 14 heavy (non-hydrogen) atoms. The lowest BCUT2D eigenvalue weighted by molar-refractivity contribution is 0.0998.